The Morgan fingerprint density at radius 2 is 1.96 bits per heavy atom. The quantitative estimate of drug-likeness (QED) is 0.867. The maximum Gasteiger partial charge on any atom is 0.130 e. The Balaban J connectivity index is 1.56. The largest absolute Gasteiger partial charge is 0.344 e. The number of nitrogens with one attached hydrogen (secondary N) is 1. The monoisotopic (exact) mass is 318 g/mol. The zero-order chi connectivity index (χ0) is 16.4. The van der Waals surface area contributed by atoms with Crippen LogP contribution < -0.4 is 5.32 Å². The number of hydrogen-bond acceptors (Lipinski definition) is 4. The first-order valence-electron chi connectivity index (χ1n) is 8.72. The Labute approximate surface area is 142 Å². The second-order valence-corrected chi connectivity index (χ2v) is 6.66. The van der Waals surface area contributed by atoms with Crippen molar-refractivity contribution in [2.45, 2.75) is 38.5 Å². The molecular formula is C20H22N4. The zero-order valence-electron chi connectivity index (χ0n) is 13.8. The van der Waals surface area contributed by atoms with Crippen LogP contribution in [0.25, 0.3) is 16.5 Å². The molecule has 4 nitrogen and oxygen atoms in total. The first-order chi connectivity index (χ1) is 11.8. The van der Waals surface area contributed by atoms with Crippen molar-refractivity contribution in [3.05, 3.63) is 48.6 Å². The normalized spacial score (nSPS) is 17.9. The van der Waals surface area contributed by atoms with Crippen molar-refractivity contribution in [1.29, 1.82) is 0 Å². The summed E-state index contributed by atoms with van der Waals surface area (Å²) < 4.78 is 0. The first-order valence-corrected chi connectivity index (χ1v) is 8.72. The molecule has 0 radical (unpaired) electrons. The first kappa shape index (κ1) is 15.1. The van der Waals surface area contributed by atoms with Crippen LogP contribution >= 0.6 is 0 Å². The van der Waals surface area contributed by atoms with E-state index in [0.29, 0.717) is 5.92 Å². The molecule has 1 aliphatic heterocycles. The van der Waals surface area contributed by atoms with Gasteiger partial charge in [-0.2, -0.15) is 0 Å². The summed E-state index contributed by atoms with van der Waals surface area (Å²) in [7, 11) is 0. The molecule has 2 aromatic rings. The van der Waals surface area contributed by atoms with Crippen LogP contribution in [-0.2, 0) is 0 Å². The van der Waals surface area contributed by atoms with Crippen LogP contribution in [0.3, 0.4) is 0 Å². The summed E-state index contributed by atoms with van der Waals surface area (Å²) in [6, 6.07) is 4.23. The van der Waals surface area contributed by atoms with Crippen LogP contribution in [-0.4, -0.2) is 16.2 Å². The third-order valence-electron chi connectivity index (χ3n) is 4.97. The highest BCUT2D eigenvalue weighted by Crippen LogP contribution is 2.30. The predicted molar refractivity (Wildman–Crippen MR) is 100.0 cm³/mol. The zero-order valence-corrected chi connectivity index (χ0v) is 13.8. The summed E-state index contributed by atoms with van der Waals surface area (Å²) >= 11 is 0. The van der Waals surface area contributed by atoms with Crippen LogP contribution in [0, 0.1) is 5.92 Å². The van der Waals surface area contributed by atoms with Gasteiger partial charge in [-0.3, -0.25) is 9.98 Å². The molecule has 0 aromatic carbocycles. The fourth-order valence-electron chi connectivity index (χ4n) is 3.53. The molecule has 0 unspecified atom stereocenters. The Bertz CT molecular complexity index is 829. The number of allylic oxidation sites excluding steroid dienone is 2. The van der Waals surface area contributed by atoms with Crippen molar-refractivity contribution in [3.8, 4) is 0 Å². The Kier molecular flexibility index (Phi) is 4.11. The summed E-state index contributed by atoms with van der Waals surface area (Å²) in [5.74, 6) is 1.43. The van der Waals surface area contributed by atoms with Crippen LogP contribution in [0.15, 0.2) is 48.0 Å². The van der Waals surface area contributed by atoms with E-state index in [4.69, 9.17) is 0 Å². The molecule has 2 aromatic heterocycles. The molecule has 0 spiro atoms. The van der Waals surface area contributed by atoms with Crippen molar-refractivity contribution in [1.82, 2.24) is 9.97 Å². The average Bonchev–Trinajstić information content (AvgIpc) is 3.16. The molecular weight excluding hydrogens is 296 g/mol. The molecule has 1 aliphatic carbocycles. The molecule has 1 fully saturated rings. The Hall–Kier alpha value is -2.49. The van der Waals surface area contributed by atoms with Crippen molar-refractivity contribution >= 4 is 28.5 Å². The number of aliphatic imine (C=N–C) groups is 1. The maximum absolute atomic E-state index is 4.53. The van der Waals surface area contributed by atoms with E-state index in [9.17, 15) is 0 Å². The van der Waals surface area contributed by atoms with Gasteiger partial charge in [-0.25, -0.2) is 4.98 Å². The number of fused-ring (bicyclic) bond motifs is 1. The molecule has 4 rings (SSSR count). The van der Waals surface area contributed by atoms with Crippen molar-refractivity contribution in [3.63, 3.8) is 0 Å². The molecule has 0 atom stereocenters. The summed E-state index contributed by atoms with van der Waals surface area (Å²) in [5, 5.41) is 4.51. The lowest BCUT2D eigenvalue weighted by molar-refractivity contribution is 0.405. The van der Waals surface area contributed by atoms with Crippen molar-refractivity contribution in [2.24, 2.45) is 10.9 Å². The van der Waals surface area contributed by atoms with E-state index in [1.165, 1.54) is 37.7 Å². The fourth-order valence-corrected chi connectivity index (χ4v) is 3.53. The SMILES string of the molecule is C=C(Nc1cc2cc(C3=CN=CC3)cnc2cn1)C1CCCCC1. The highest BCUT2D eigenvalue weighted by Gasteiger charge is 2.17. The minimum absolute atomic E-state index is 0.571. The number of hydrogen-bond donors (Lipinski definition) is 1. The smallest absolute Gasteiger partial charge is 0.130 e. The van der Waals surface area contributed by atoms with Crippen molar-refractivity contribution in [2.75, 3.05) is 5.32 Å². The molecule has 24 heavy (non-hydrogen) atoms. The summed E-state index contributed by atoms with van der Waals surface area (Å²) in [6.45, 7) is 4.24. The van der Waals surface area contributed by atoms with E-state index >= 15 is 0 Å². The van der Waals surface area contributed by atoms with Crippen LogP contribution in [0.5, 0.6) is 0 Å². The number of nitrogens with zero attached hydrogens (tertiary/aromatic N) is 3. The highest BCUT2D eigenvalue weighted by molar-refractivity contribution is 5.88. The number of aromatic nitrogens is 2. The highest BCUT2D eigenvalue weighted by atomic mass is 15.0. The second-order valence-electron chi connectivity index (χ2n) is 6.66. The van der Waals surface area contributed by atoms with Gasteiger partial charge in [0, 0.05) is 36.1 Å². The molecule has 3 heterocycles. The van der Waals surface area contributed by atoms with Crippen LogP contribution in [0.2, 0.25) is 0 Å². The van der Waals surface area contributed by atoms with E-state index in [2.05, 4.69) is 39.0 Å². The van der Waals surface area contributed by atoms with Crippen molar-refractivity contribution < 1.29 is 0 Å². The van der Waals surface area contributed by atoms with Crippen LogP contribution in [0.1, 0.15) is 44.1 Å². The molecule has 0 bridgehead atoms. The number of anilines is 1. The average molecular weight is 318 g/mol. The minimum Gasteiger partial charge on any atom is -0.344 e. The molecule has 1 saturated carbocycles. The van der Waals surface area contributed by atoms with E-state index < -0.39 is 0 Å². The molecule has 0 saturated heterocycles. The summed E-state index contributed by atoms with van der Waals surface area (Å²) in [5.41, 5.74) is 4.34. The molecule has 1 N–H and O–H groups in total. The Morgan fingerprint density at radius 1 is 1.08 bits per heavy atom. The van der Waals surface area contributed by atoms with E-state index in [1.807, 2.05) is 24.8 Å². The van der Waals surface area contributed by atoms with Gasteiger partial charge in [0.1, 0.15) is 5.82 Å². The lowest BCUT2D eigenvalue weighted by Gasteiger charge is -2.24. The van der Waals surface area contributed by atoms with Gasteiger partial charge in [0.05, 0.1) is 11.7 Å². The van der Waals surface area contributed by atoms with Gasteiger partial charge in [-0.1, -0.05) is 25.8 Å². The second kappa shape index (κ2) is 6.56. The third kappa shape index (κ3) is 3.09. The van der Waals surface area contributed by atoms with Gasteiger partial charge < -0.3 is 5.32 Å². The van der Waals surface area contributed by atoms with Gasteiger partial charge in [-0.05, 0) is 42.0 Å². The molecule has 4 heteroatoms. The standard InChI is InChI=1S/C20H22N4/c1-14(15-5-3-2-4-6-15)24-20-10-17-9-18(16-7-8-21-11-16)12-22-19(17)13-23-20/h8-13,15H,1-7H2,(H,23,24). The lowest BCUT2D eigenvalue weighted by Crippen LogP contribution is -2.14. The number of rotatable bonds is 4. The Morgan fingerprint density at radius 3 is 2.75 bits per heavy atom. The van der Waals surface area contributed by atoms with Gasteiger partial charge in [-0.15, -0.1) is 0 Å². The predicted octanol–water partition coefficient (Wildman–Crippen LogP) is 4.95. The molecule has 122 valence electrons. The van der Waals surface area contributed by atoms with Gasteiger partial charge in [0.25, 0.3) is 0 Å². The maximum atomic E-state index is 4.53. The molecule has 2 aliphatic rings. The van der Waals surface area contributed by atoms with E-state index in [1.54, 1.807) is 0 Å². The van der Waals surface area contributed by atoms with Crippen LogP contribution in [0.4, 0.5) is 5.82 Å². The van der Waals surface area contributed by atoms with Gasteiger partial charge in [0.2, 0.25) is 0 Å². The lowest BCUT2D eigenvalue weighted by atomic mass is 9.87. The van der Waals surface area contributed by atoms with E-state index in [-0.39, 0.29) is 0 Å². The summed E-state index contributed by atoms with van der Waals surface area (Å²) in [6.07, 6.45) is 14.9. The van der Waals surface area contributed by atoms with Gasteiger partial charge >= 0.3 is 0 Å². The molecule has 0 amide bonds. The number of pyridine rings is 2. The third-order valence-corrected chi connectivity index (χ3v) is 4.97. The summed E-state index contributed by atoms with van der Waals surface area (Å²) in [4.78, 5) is 13.2. The van der Waals surface area contributed by atoms with Gasteiger partial charge in [0.15, 0.2) is 0 Å². The van der Waals surface area contributed by atoms with E-state index in [0.717, 1.165) is 34.4 Å². The topological polar surface area (TPSA) is 50.2 Å². The minimum atomic E-state index is 0.571. The fraction of sp³-hybridized carbons (Fsp3) is 0.350.